The lowest BCUT2D eigenvalue weighted by Gasteiger charge is -2.00. The molecule has 0 rings (SSSR count). The van der Waals surface area contributed by atoms with Crippen LogP contribution in [0.2, 0.25) is 0 Å². The molecule has 5 nitrogen and oxygen atoms in total. The zero-order valence-corrected chi connectivity index (χ0v) is 9.31. The lowest BCUT2D eigenvalue weighted by molar-refractivity contribution is -0.116. The van der Waals surface area contributed by atoms with Gasteiger partial charge in [-0.05, 0) is 19.6 Å². The minimum atomic E-state index is -0.712. The van der Waals surface area contributed by atoms with Gasteiger partial charge in [0, 0.05) is 0 Å². The van der Waals surface area contributed by atoms with Crippen LogP contribution in [-0.2, 0) is 9.63 Å². The third kappa shape index (κ3) is 7.60. The molecule has 0 saturated carbocycles. The van der Waals surface area contributed by atoms with Crippen molar-refractivity contribution in [3.05, 3.63) is 0 Å². The van der Waals surface area contributed by atoms with Crippen molar-refractivity contribution in [1.29, 1.82) is 0 Å². The Kier molecular flexibility index (Phi) is 6.82. The number of hydrogen-bond donors (Lipinski definition) is 1. The predicted molar refractivity (Wildman–Crippen MR) is 56.4 cm³/mol. The Bertz CT molecular complexity index is 241. The van der Waals surface area contributed by atoms with Crippen LogP contribution >= 0.6 is 11.8 Å². The Morgan fingerprint density at radius 3 is 2.57 bits per heavy atom. The first-order valence-corrected chi connectivity index (χ1v) is 5.16. The number of rotatable bonds is 4. The minimum absolute atomic E-state index is 0.0334. The van der Waals surface area contributed by atoms with Gasteiger partial charge in [-0.15, -0.1) is 11.8 Å². The number of carbonyl (C=O) groups is 2. The number of thioether (sulfide) groups is 1. The molecule has 0 spiro atoms. The quantitative estimate of drug-likeness (QED) is 0.335. The van der Waals surface area contributed by atoms with Crippen molar-refractivity contribution in [2.75, 3.05) is 12.3 Å². The first-order valence-electron chi connectivity index (χ1n) is 4.18. The molecule has 0 aromatic rings. The van der Waals surface area contributed by atoms with Gasteiger partial charge in [0.25, 0.3) is 0 Å². The van der Waals surface area contributed by atoms with E-state index >= 15 is 0 Å². The summed E-state index contributed by atoms with van der Waals surface area (Å²) in [5.74, 6) is 0.735. The van der Waals surface area contributed by atoms with Crippen molar-refractivity contribution < 1.29 is 14.4 Å². The number of Topliss-reactive ketones (excluding diaryl/α,β-unsaturated/α-hetero) is 1. The summed E-state index contributed by atoms with van der Waals surface area (Å²) >= 11 is 1.48. The maximum absolute atomic E-state index is 10.9. The molecule has 6 heteroatoms. The second-order valence-corrected chi connectivity index (χ2v) is 3.93. The van der Waals surface area contributed by atoms with Crippen LogP contribution in [0.15, 0.2) is 5.16 Å². The molecular weight excluding hydrogens is 204 g/mol. The largest absolute Gasteiger partial charge is 0.433 e. The lowest BCUT2D eigenvalue weighted by atomic mass is 10.4. The predicted octanol–water partition coefficient (Wildman–Crippen LogP) is 1.39. The van der Waals surface area contributed by atoms with Crippen molar-refractivity contribution in [2.24, 2.45) is 5.16 Å². The van der Waals surface area contributed by atoms with Gasteiger partial charge < -0.3 is 5.32 Å². The van der Waals surface area contributed by atoms with Gasteiger partial charge in [-0.2, -0.15) is 0 Å². The van der Waals surface area contributed by atoms with Crippen molar-refractivity contribution >= 4 is 28.7 Å². The molecule has 0 aromatic carbocycles. The maximum Gasteiger partial charge on any atom is 0.433 e. The van der Waals surface area contributed by atoms with Crippen molar-refractivity contribution in [3.8, 4) is 0 Å². The SMILES string of the molecule is CCSC(C)=NOC(=O)NCC(C)=O. The number of carbonyl (C=O) groups excluding carboxylic acids is 2. The zero-order valence-electron chi connectivity index (χ0n) is 8.49. The molecule has 0 saturated heterocycles. The zero-order chi connectivity index (χ0) is 11.0. The van der Waals surface area contributed by atoms with E-state index in [1.165, 1.54) is 18.7 Å². The van der Waals surface area contributed by atoms with Crippen molar-refractivity contribution in [3.63, 3.8) is 0 Å². The molecule has 1 N–H and O–H groups in total. The monoisotopic (exact) mass is 218 g/mol. The van der Waals surface area contributed by atoms with E-state index < -0.39 is 6.09 Å². The molecule has 0 fully saturated rings. The van der Waals surface area contributed by atoms with Gasteiger partial charge in [0.2, 0.25) is 0 Å². The fourth-order valence-corrected chi connectivity index (χ4v) is 1.08. The highest BCUT2D eigenvalue weighted by molar-refractivity contribution is 8.13. The average molecular weight is 218 g/mol. The van der Waals surface area contributed by atoms with E-state index in [1.807, 2.05) is 6.92 Å². The van der Waals surface area contributed by atoms with E-state index in [1.54, 1.807) is 6.92 Å². The number of ketones is 1. The molecule has 0 aromatic heterocycles. The summed E-state index contributed by atoms with van der Waals surface area (Å²) in [5.41, 5.74) is 0. The van der Waals surface area contributed by atoms with Crippen molar-refractivity contribution in [1.82, 2.24) is 5.32 Å². The third-order valence-corrected chi connectivity index (χ3v) is 1.87. The van der Waals surface area contributed by atoms with Crippen LogP contribution in [-0.4, -0.2) is 29.2 Å². The highest BCUT2D eigenvalue weighted by Gasteiger charge is 2.02. The van der Waals surface area contributed by atoms with Crippen LogP contribution in [0, 0.1) is 0 Å². The molecule has 0 aliphatic heterocycles. The molecule has 0 unspecified atom stereocenters. The summed E-state index contributed by atoms with van der Waals surface area (Å²) in [5, 5.41) is 6.47. The van der Waals surface area contributed by atoms with Gasteiger partial charge in [0.15, 0.2) is 0 Å². The highest BCUT2D eigenvalue weighted by atomic mass is 32.2. The molecule has 14 heavy (non-hydrogen) atoms. The van der Waals surface area contributed by atoms with Gasteiger partial charge in [0.1, 0.15) is 10.8 Å². The molecule has 0 radical (unpaired) electrons. The van der Waals surface area contributed by atoms with Crippen LogP contribution in [0.3, 0.4) is 0 Å². The van der Waals surface area contributed by atoms with E-state index in [9.17, 15) is 9.59 Å². The number of hydrogen-bond acceptors (Lipinski definition) is 5. The van der Waals surface area contributed by atoms with Crippen LogP contribution in [0.4, 0.5) is 4.79 Å². The Hall–Kier alpha value is -1.04. The third-order valence-electron chi connectivity index (χ3n) is 1.09. The van der Waals surface area contributed by atoms with Crippen LogP contribution in [0.5, 0.6) is 0 Å². The second kappa shape index (κ2) is 7.37. The summed E-state index contributed by atoms with van der Waals surface area (Å²) < 4.78 is 0. The number of nitrogens with one attached hydrogen (secondary N) is 1. The first-order chi connectivity index (χ1) is 6.56. The number of amides is 1. The molecule has 0 heterocycles. The summed E-state index contributed by atoms with van der Waals surface area (Å²) in [6.07, 6.45) is -0.712. The lowest BCUT2D eigenvalue weighted by Crippen LogP contribution is -2.27. The van der Waals surface area contributed by atoms with Crippen LogP contribution < -0.4 is 5.32 Å². The van der Waals surface area contributed by atoms with Gasteiger partial charge in [-0.1, -0.05) is 12.1 Å². The molecule has 0 aliphatic rings. The topological polar surface area (TPSA) is 67.8 Å². The molecule has 0 aliphatic carbocycles. The molecule has 80 valence electrons. The van der Waals surface area contributed by atoms with Crippen LogP contribution in [0.25, 0.3) is 0 Å². The van der Waals surface area contributed by atoms with E-state index in [0.29, 0.717) is 5.04 Å². The number of oxime groups is 1. The fraction of sp³-hybridized carbons (Fsp3) is 0.625. The fourth-order valence-electron chi connectivity index (χ4n) is 0.570. The summed E-state index contributed by atoms with van der Waals surface area (Å²) in [6.45, 7) is 5.06. The standard InChI is InChI=1S/C8H14N2O3S/c1-4-14-7(3)10-13-8(12)9-5-6(2)11/h4-5H2,1-3H3,(H,9,12). The van der Waals surface area contributed by atoms with Gasteiger partial charge in [-0.3, -0.25) is 9.63 Å². The van der Waals surface area contributed by atoms with E-state index in [-0.39, 0.29) is 12.3 Å². The smallest absolute Gasteiger partial charge is 0.313 e. The minimum Gasteiger partial charge on any atom is -0.313 e. The van der Waals surface area contributed by atoms with Crippen LogP contribution in [0.1, 0.15) is 20.8 Å². The van der Waals surface area contributed by atoms with Gasteiger partial charge >= 0.3 is 6.09 Å². The molecule has 1 amide bonds. The normalized spacial score (nSPS) is 10.9. The Labute approximate surface area is 87.3 Å². The summed E-state index contributed by atoms with van der Waals surface area (Å²) in [4.78, 5) is 25.8. The molecule has 0 atom stereocenters. The molecule has 0 bridgehead atoms. The summed E-state index contributed by atoms with van der Waals surface area (Å²) in [7, 11) is 0. The van der Waals surface area contributed by atoms with E-state index in [2.05, 4.69) is 15.3 Å². The average Bonchev–Trinajstić information content (AvgIpc) is 2.12. The Morgan fingerprint density at radius 2 is 2.07 bits per heavy atom. The van der Waals surface area contributed by atoms with Gasteiger partial charge in [0.05, 0.1) is 6.54 Å². The van der Waals surface area contributed by atoms with E-state index in [4.69, 9.17) is 0 Å². The maximum atomic E-state index is 10.9. The van der Waals surface area contributed by atoms with Gasteiger partial charge in [-0.25, -0.2) is 4.79 Å². The van der Waals surface area contributed by atoms with E-state index in [0.717, 1.165) is 5.75 Å². The molecular formula is C8H14N2O3S. The first kappa shape index (κ1) is 13.0. The highest BCUT2D eigenvalue weighted by Crippen LogP contribution is 2.02. The number of nitrogens with zero attached hydrogens (tertiary/aromatic N) is 1. The second-order valence-electron chi connectivity index (χ2n) is 2.48. The Balaban J connectivity index is 3.72. The summed E-state index contributed by atoms with van der Waals surface area (Å²) in [6, 6.07) is 0. The Morgan fingerprint density at radius 1 is 1.43 bits per heavy atom. The van der Waals surface area contributed by atoms with Crippen molar-refractivity contribution in [2.45, 2.75) is 20.8 Å².